The molecule has 0 saturated heterocycles. The third-order valence-electron chi connectivity index (χ3n) is 5.02. The van der Waals surface area contributed by atoms with Crippen molar-refractivity contribution in [3.63, 3.8) is 0 Å². The number of benzene rings is 2. The fourth-order valence-electron chi connectivity index (χ4n) is 3.48. The van der Waals surface area contributed by atoms with Gasteiger partial charge in [-0.2, -0.15) is 8.42 Å². The third kappa shape index (κ3) is 4.82. The second kappa shape index (κ2) is 9.38. The molecule has 1 atom stereocenters. The van der Waals surface area contributed by atoms with Crippen LogP contribution in [-0.2, 0) is 30.4 Å². The zero-order valence-electron chi connectivity index (χ0n) is 17.9. The summed E-state index contributed by atoms with van der Waals surface area (Å²) in [5.74, 6) is 0.00592. The van der Waals surface area contributed by atoms with Crippen molar-refractivity contribution in [2.45, 2.75) is 31.6 Å². The molecule has 1 aliphatic carbocycles. The van der Waals surface area contributed by atoms with Crippen LogP contribution in [0.2, 0.25) is 0 Å². The summed E-state index contributed by atoms with van der Waals surface area (Å²) in [7, 11) is -1.10. The van der Waals surface area contributed by atoms with Crippen LogP contribution >= 0.6 is 0 Å². The average Bonchev–Trinajstić information content (AvgIpc) is 2.76. The Bertz CT molecular complexity index is 1090. The molecule has 0 fully saturated rings. The highest BCUT2D eigenvalue weighted by molar-refractivity contribution is 7.86. The number of methoxy groups -OCH3 is 2. The van der Waals surface area contributed by atoms with Crippen LogP contribution in [0.4, 0.5) is 0 Å². The van der Waals surface area contributed by atoms with Crippen molar-refractivity contribution < 1.29 is 31.7 Å². The first-order valence-electron chi connectivity index (χ1n) is 9.78. The summed E-state index contributed by atoms with van der Waals surface area (Å²) < 4.78 is 46.2. The molecular weight excluding hydrogens is 422 g/mol. The van der Waals surface area contributed by atoms with Gasteiger partial charge in [0.15, 0.2) is 11.5 Å². The molecule has 9 heteroatoms. The minimum Gasteiger partial charge on any atom is -0.493 e. The van der Waals surface area contributed by atoms with Crippen molar-refractivity contribution in [2.75, 3.05) is 20.8 Å². The molecule has 166 valence electrons. The molecule has 31 heavy (non-hydrogen) atoms. The van der Waals surface area contributed by atoms with Crippen molar-refractivity contribution in [1.29, 1.82) is 0 Å². The van der Waals surface area contributed by atoms with E-state index in [0.717, 1.165) is 5.56 Å². The Morgan fingerprint density at radius 1 is 1.06 bits per heavy atom. The lowest BCUT2D eigenvalue weighted by atomic mass is 9.82. The molecule has 3 rings (SSSR count). The zero-order valence-corrected chi connectivity index (χ0v) is 18.7. The number of fused-ring (bicyclic) bond motifs is 1. The van der Waals surface area contributed by atoms with Gasteiger partial charge < -0.3 is 14.2 Å². The second-order valence-electron chi connectivity index (χ2n) is 7.06. The maximum absolute atomic E-state index is 12.6. The molecule has 0 spiro atoms. The summed E-state index contributed by atoms with van der Waals surface area (Å²) in [6, 6.07) is 9.70. The molecular formula is C22H25NO7S. The van der Waals surface area contributed by atoms with Gasteiger partial charge >= 0.3 is 16.1 Å². The Morgan fingerprint density at radius 3 is 2.39 bits per heavy atom. The Labute approximate surface area is 181 Å². The summed E-state index contributed by atoms with van der Waals surface area (Å²) in [5.41, 5.74) is 2.55. The minimum atomic E-state index is -4.12. The number of ether oxygens (including phenoxy) is 3. The third-order valence-corrected chi connectivity index (χ3v) is 6.15. The van der Waals surface area contributed by atoms with E-state index in [0.29, 0.717) is 34.8 Å². The van der Waals surface area contributed by atoms with Gasteiger partial charge in [-0.1, -0.05) is 22.9 Å². The van der Waals surface area contributed by atoms with E-state index in [9.17, 15) is 13.2 Å². The van der Waals surface area contributed by atoms with E-state index in [-0.39, 0.29) is 17.9 Å². The molecule has 0 N–H and O–H groups in total. The van der Waals surface area contributed by atoms with Gasteiger partial charge in [0.1, 0.15) is 4.90 Å². The van der Waals surface area contributed by atoms with E-state index >= 15 is 0 Å². The summed E-state index contributed by atoms with van der Waals surface area (Å²) >= 11 is 0. The van der Waals surface area contributed by atoms with Crippen LogP contribution in [0.1, 0.15) is 30.0 Å². The fourth-order valence-corrected chi connectivity index (χ4v) is 4.22. The van der Waals surface area contributed by atoms with Gasteiger partial charge in [-0.05, 0) is 44.5 Å². The maximum atomic E-state index is 12.6. The van der Waals surface area contributed by atoms with Crippen LogP contribution in [0.5, 0.6) is 11.5 Å². The van der Waals surface area contributed by atoms with Crippen molar-refractivity contribution in [2.24, 2.45) is 11.1 Å². The van der Waals surface area contributed by atoms with E-state index in [1.807, 2.05) is 6.92 Å². The van der Waals surface area contributed by atoms with E-state index < -0.39 is 22.0 Å². The Morgan fingerprint density at radius 2 is 1.77 bits per heavy atom. The molecule has 8 nitrogen and oxygen atoms in total. The molecule has 0 amide bonds. The molecule has 2 aromatic carbocycles. The monoisotopic (exact) mass is 447 g/mol. The number of carbonyl (C=O) groups is 1. The van der Waals surface area contributed by atoms with Crippen LogP contribution in [0, 0.1) is 12.8 Å². The van der Waals surface area contributed by atoms with E-state index in [2.05, 4.69) is 5.16 Å². The predicted octanol–water partition coefficient (Wildman–Crippen LogP) is 3.25. The second-order valence-corrected chi connectivity index (χ2v) is 8.59. The first-order chi connectivity index (χ1) is 14.8. The molecule has 0 radical (unpaired) electrons. The summed E-state index contributed by atoms with van der Waals surface area (Å²) in [5, 5.41) is 3.94. The van der Waals surface area contributed by atoms with Crippen LogP contribution in [-0.4, -0.2) is 40.9 Å². The zero-order chi connectivity index (χ0) is 22.6. The summed E-state index contributed by atoms with van der Waals surface area (Å²) in [4.78, 5) is 12.4. The quantitative estimate of drug-likeness (QED) is 0.474. The highest BCUT2D eigenvalue weighted by Crippen LogP contribution is 2.39. The number of nitrogens with zero attached hydrogens (tertiary/aromatic N) is 1. The molecule has 0 aliphatic heterocycles. The lowest BCUT2D eigenvalue weighted by Crippen LogP contribution is -2.29. The first kappa shape index (κ1) is 22.6. The Hall–Kier alpha value is -3.07. The molecule has 1 unspecified atom stereocenters. The lowest BCUT2D eigenvalue weighted by Gasteiger charge is -2.26. The average molecular weight is 448 g/mol. The van der Waals surface area contributed by atoms with Crippen LogP contribution in [0.15, 0.2) is 46.4 Å². The molecule has 1 aliphatic rings. The highest BCUT2D eigenvalue weighted by atomic mass is 32.2. The van der Waals surface area contributed by atoms with Crippen molar-refractivity contribution in [1.82, 2.24) is 0 Å². The molecule has 2 aromatic rings. The minimum absolute atomic E-state index is 0.00672. The van der Waals surface area contributed by atoms with Crippen molar-refractivity contribution >= 4 is 21.8 Å². The lowest BCUT2D eigenvalue weighted by molar-refractivity contribution is -0.147. The summed E-state index contributed by atoms with van der Waals surface area (Å²) in [6.45, 7) is 3.82. The summed E-state index contributed by atoms with van der Waals surface area (Å²) in [6.07, 6.45) is 0.517. The van der Waals surface area contributed by atoms with E-state index in [1.54, 1.807) is 31.2 Å². The van der Waals surface area contributed by atoms with Gasteiger partial charge in [0.25, 0.3) is 0 Å². The van der Waals surface area contributed by atoms with Crippen molar-refractivity contribution in [3.8, 4) is 11.5 Å². The van der Waals surface area contributed by atoms with Gasteiger partial charge in [0, 0.05) is 17.5 Å². The SMILES string of the molecule is CCOC(=O)C1CC(=NOS(=O)(=O)c2ccc(C)cc2)c2ccc(OC)c(OC)c2C1. The Balaban J connectivity index is 2.02. The number of hydrogen-bond donors (Lipinski definition) is 0. The number of oxime groups is 1. The predicted molar refractivity (Wildman–Crippen MR) is 114 cm³/mol. The topological polar surface area (TPSA) is 100 Å². The van der Waals surface area contributed by atoms with Gasteiger partial charge in [-0.25, -0.2) is 0 Å². The van der Waals surface area contributed by atoms with Crippen molar-refractivity contribution in [3.05, 3.63) is 53.1 Å². The first-order valence-corrected chi connectivity index (χ1v) is 11.2. The molecule has 0 heterocycles. The molecule has 0 aromatic heterocycles. The highest BCUT2D eigenvalue weighted by Gasteiger charge is 2.33. The van der Waals surface area contributed by atoms with Gasteiger partial charge in [0.2, 0.25) is 0 Å². The normalized spacial score (nSPS) is 17.0. The molecule has 0 saturated carbocycles. The molecule has 0 bridgehead atoms. The number of aryl methyl sites for hydroxylation is 1. The van der Waals surface area contributed by atoms with Crippen LogP contribution < -0.4 is 9.47 Å². The standard InChI is InChI=1S/C22H25NO7S/c1-5-29-22(24)15-12-18-17(10-11-20(27-3)21(18)28-4)19(13-15)23-30-31(25,26)16-8-6-14(2)7-9-16/h6-11,15H,5,12-13H2,1-4H3. The van der Waals surface area contributed by atoms with Crippen LogP contribution in [0.25, 0.3) is 0 Å². The Kier molecular flexibility index (Phi) is 6.84. The number of rotatable bonds is 7. The van der Waals surface area contributed by atoms with E-state index in [1.165, 1.54) is 26.4 Å². The fraction of sp³-hybridized carbons (Fsp3) is 0.364. The van der Waals surface area contributed by atoms with E-state index in [4.69, 9.17) is 18.5 Å². The van der Waals surface area contributed by atoms with Crippen LogP contribution in [0.3, 0.4) is 0 Å². The van der Waals surface area contributed by atoms with Gasteiger partial charge in [-0.3, -0.25) is 9.08 Å². The number of carbonyl (C=O) groups excluding carboxylic acids is 1. The number of hydrogen-bond acceptors (Lipinski definition) is 8. The van der Waals surface area contributed by atoms with Gasteiger partial charge in [-0.15, -0.1) is 0 Å². The van der Waals surface area contributed by atoms with Gasteiger partial charge in [0.05, 0.1) is 32.5 Å². The largest absolute Gasteiger partial charge is 0.493 e. The smallest absolute Gasteiger partial charge is 0.358 e. The number of esters is 1. The maximum Gasteiger partial charge on any atom is 0.358 e.